The van der Waals surface area contributed by atoms with Crippen molar-refractivity contribution in [3.8, 4) is 0 Å². The first-order chi connectivity index (χ1) is 8.10. The highest BCUT2D eigenvalue weighted by atomic mass is 16.5. The Morgan fingerprint density at radius 1 is 1.59 bits per heavy atom. The van der Waals surface area contributed by atoms with Gasteiger partial charge in [0, 0.05) is 13.7 Å². The van der Waals surface area contributed by atoms with Gasteiger partial charge in [-0.25, -0.2) is 4.68 Å². The Morgan fingerprint density at radius 2 is 2.29 bits per heavy atom. The average molecular weight is 240 g/mol. The van der Waals surface area contributed by atoms with Crippen LogP contribution in [-0.4, -0.2) is 34.6 Å². The zero-order valence-corrected chi connectivity index (χ0v) is 10.6. The van der Waals surface area contributed by atoms with Gasteiger partial charge in [-0.1, -0.05) is 12.1 Å². The van der Waals surface area contributed by atoms with Crippen LogP contribution < -0.4 is 5.73 Å². The quantitative estimate of drug-likeness (QED) is 0.750. The van der Waals surface area contributed by atoms with Gasteiger partial charge in [0.25, 0.3) is 0 Å². The van der Waals surface area contributed by atoms with Crippen molar-refractivity contribution in [2.24, 2.45) is 5.73 Å². The van der Waals surface area contributed by atoms with E-state index in [2.05, 4.69) is 17.2 Å². The summed E-state index contributed by atoms with van der Waals surface area (Å²) in [4.78, 5) is 10.9. The first-order valence-electron chi connectivity index (χ1n) is 5.80. The Hall–Kier alpha value is -1.43. The molecule has 1 atom stereocenters. The fourth-order valence-corrected chi connectivity index (χ4v) is 1.78. The van der Waals surface area contributed by atoms with Gasteiger partial charge in [0.1, 0.15) is 0 Å². The second-order valence-corrected chi connectivity index (χ2v) is 4.05. The van der Waals surface area contributed by atoms with E-state index < -0.39 is 0 Å². The van der Waals surface area contributed by atoms with Crippen LogP contribution in [0.25, 0.3) is 0 Å². The lowest BCUT2D eigenvalue weighted by Gasteiger charge is -2.13. The summed E-state index contributed by atoms with van der Waals surface area (Å²) in [5, 5.41) is 8.12. The number of amides is 1. The Balaban J connectivity index is 2.85. The first kappa shape index (κ1) is 13.6. The molecule has 1 rings (SSSR count). The number of hydrogen-bond acceptors (Lipinski definition) is 4. The molecule has 1 unspecified atom stereocenters. The summed E-state index contributed by atoms with van der Waals surface area (Å²) in [6.07, 6.45) is 1.80. The smallest absolute Gasteiger partial charge is 0.223 e. The highest BCUT2D eigenvalue weighted by Crippen LogP contribution is 2.16. The highest BCUT2D eigenvalue weighted by Gasteiger charge is 2.16. The lowest BCUT2D eigenvalue weighted by atomic mass is 10.1. The molecule has 0 aliphatic rings. The molecule has 0 aliphatic heterocycles. The maximum Gasteiger partial charge on any atom is 0.223 e. The fourth-order valence-electron chi connectivity index (χ4n) is 1.78. The van der Waals surface area contributed by atoms with Crippen molar-refractivity contribution in [2.75, 3.05) is 13.7 Å². The molecule has 0 aromatic carbocycles. The molecular formula is C11H20N4O2. The van der Waals surface area contributed by atoms with Crippen LogP contribution >= 0.6 is 0 Å². The molecule has 0 radical (unpaired) electrons. The molecule has 0 bridgehead atoms. The van der Waals surface area contributed by atoms with Crippen LogP contribution in [0.4, 0.5) is 0 Å². The molecule has 0 saturated carbocycles. The standard InChI is InChI=1S/C11H20N4O2/c1-4-10-9(7-11(12)16)13-14-15(10)8(2)5-6-17-3/h8H,4-7H2,1-3H3,(H2,12,16). The normalized spacial score (nSPS) is 12.6. The molecule has 96 valence electrons. The minimum atomic E-state index is -0.378. The molecule has 0 saturated heterocycles. The van der Waals surface area contributed by atoms with E-state index in [0.29, 0.717) is 12.3 Å². The third kappa shape index (κ3) is 3.52. The molecule has 6 heteroatoms. The molecule has 0 spiro atoms. The highest BCUT2D eigenvalue weighted by molar-refractivity contribution is 5.76. The Kier molecular flexibility index (Phi) is 5.09. The van der Waals surface area contributed by atoms with Crippen molar-refractivity contribution in [1.29, 1.82) is 0 Å². The van der Waals surface area contributed by atoms with Gasteiger partial charge in [0.05, 0.1) is 23.9 Å². The largest absolute Gasteiger partial charge is 0.385 e. The van der Waals surface area contributed by atoms with Crippen molar-refractivity contribution in [2.45, 2.75) is 39.2 Å². The predicted octanol–water partition coefficient (Wildman–Crippen LogP) is 0.466. The summed E-state index contributed by atoms with van der Waals surface area (Å²) < 4.78 is 6.90. The van der Waals surface area contributed by atoms with E-state index in [1.54, 1.807) is 7.11 Å². The number of carbonyl (C=O) groups excluding carboxylic acids is 1. The number of aromatic nitrogens is 3. The Bertz CT molecular complexity index is 376. The molecule has 17 heavy (non-hydrogen) atoms. The fraction of sp³-hybridized carbons (Fsp3) is 0.727. The second-order valence-electron chi connectivity index (χ2n) is 4.05. The number of methoxy groups -OCH3 is 1. The zero-order chi connectivity index (χ0) is 12.8. The number of nitrogens with two attached hydrogens (primary N) is 1. The predicted molar refractivity (Wildman–Crippen MR) is 63.5 cm³/mol. The lowest BCUT2D eigenvalue weighted by molar-refractivity contribution is -0.117. The van der Waals surface area contributed by atoms with Crippen LogP contribution in [0, 0.1) is 0 Å². The van der Waals surface area contributed by atoms with Crippen molar-refractivity contribution >= 4 is 5.91 Å². The van der Waals surface area contributed by atoms with E-state index in [1.165, 1.54) is 0 Å². The Labute approximate surface area is 101 Å². The van der Waals surface area contributed by atoms with E-state index in [-0.39, 0.29) is 18.4 Å². The summed E-state index contributed by atoms with van der Waals surface area (Å²) in [7, 11) is 1.67. The molecule has 6 nitrogen and oxygen atoms in total. The van der Waals surface area contributed by atoms with Gasteiger partial charge < -0.3 is 10.5 Å². The minimum Gasteiger partial charge on any atom is -0.385 e. The molecule has 1 aromatic heterocycles. The van der Waals surface area contributed by atoms with Gasteiger partial charge in [0.15, 0.2) is 0 Å². The van der Waals surface area contributed by atoms with Crippen molar-refractivity contribution < 1.29 is 9.53 Å². The van der Waals surface area contributed by atoms with Gasteiger partial charge in [-0.05, 0) is 19.8 Å². The summed E-state index contributed by atoms with van der Waals surface area (Å²) in [6.45, 7) is 4.75. The van der Waals surface area contributed by atoms with Gasteiger partial charge in [-0.2, -0.15) is 0 Å². The average Bonchev–Trinajstić information content (AvgIpc) is 2.67. The summed E-state index contributed by atoms with van der Waals surface area (Å²) in [5.41, 5.74) is 6.84. The van der Waals surface area contributed by atoms with Crippen LogP contribution in [0.5, 0.6) is 0 Å². The lowest BCUT2D eigenvalue weighted by Crippen LogP contribution is -2.16. The minimum absolute atomic E-state index is 0.153. The van der Waals surface area contributed by atoms with Crippen molar-refractivity contribution in [1.82, 2.24) is 15.0 Å². The number of ether oxygens (including phenoxy) is 1. The van der Waals surface area contributed by atoms with Gasteiger partial charge in [0.2, 0.25) is 5.91 Å². The van der Waals surface area contributed by atoms with Gasteiger partial charge in [-0.3, -0.25) is 4.79 Å². The third-order valence-corrected chi connectivity index (χ3v) is 2.71. The second kappa shape index (κ2) is 6.34. The number of hydrogen-bond donors (Lipinski definition) is 1. The maximum absolute atomic E-state index is 10.9. The molecule has 1 aromatic rings. The van der Waals surface area contributed by atoms with Crippen LogP contribution in [-0.2, 0) is 22.4 Å². The summed E-state index contributed by atoms with van der Waals surface area (Å²) in [5.74, 6) is -0.378. The van der Waals surface area contributed by atoms with Crippen LogP contribution in [0.15, 0.2) is 0 Å². The zero-order valence-electron chi connectivity index (χ0n) is 10.6. The van der Waals surface area contributed by atoms with E-state index in [4.69, 9.17) is 10.5 Å². The van der Waals surface area contributed by atoms with E-state index in [9.17, 15) is 4.79 Å². The maximum atomic E-state index is 10.9. The molecule has 0 aliphatic carbocycles. The van der Waals surface area contributed by atoms with Crippen molar-refractivity contribution in [3.63, 3.8) is 0 Å². The van der Waals surface area contributed by atoms with Crippen LogP contribution in [0.2, 0.25) is 0 Å². The SMILES string of the molecule is CCc1c(CC(N)=O)nnn1C(C)CCOC. The van der Waals surface area contributed by atoms with E-state index in [0.717, 1.165) is 18.5 Å². The Morgan fingerprint density at radius 3 is 2.82 bits per heavy atom. The molecule has 1 amide bonds. The monoisotopic (exact) mass is 240 g/mol. The van der Waals surface area contributed by atoms with Crippen LogP contribution in [0.1, 0.15) is 37.7 Å². The number of carbonyl (C=O) groups is 1. The van der Waals surface area contributed by atoms with Gasteiger partial charge >= 0.3 is 0 Å². The van der Waals surface area contributed by atoms with Crippen LogP contribution in [0.3, 0.4) is 0 Å². The molecule has 2 N–H and O–H groups in total. The number of primary amides is 1. The van der Waals surface area contributed by atoms with Crippen molar-refractivity contribution in [3.05, 3.63) is 11.4 Å². The summed E-state index contributed by atoms with van der Waals surface area (Å²) in [6, 6.07) is 0.207. The number of rotatable bonds is 7. The van der Waals surface area contributed by atoms with E-state index >= 15 is 0 Å². The van der Waals surface area contributed by atoms with E-state index in [1.807, 2.05) is 11.6 Å². The molecular weight excluding hydrogens is 220 g/mol. The van der Waals surface area contributed by atoms with Gasteiger partial charge in [-0.15, -0.1) is 5.10 Å². The molecule has 1 heterocycles. The summed E-state index contributed by atoms with van der Waals surface area (Å²) >= 11 is 0. The number of nitrogens with zero attached hydrogens (tertiary/aromatic N) is 3. The topological polar surface area (TPSA) is 83.0 Å². The molecule has 0 fully saturated rings. The first-order valence-corrected chi connectivity index (χ1v) is 5.80. The third-order valence-electron chi connectivity index (χ3n) is 2.71.